The number of ether oxygens (including phenoxy) is 1. The molecule has 0 fully saturated rings. The van der Waals surface area contributed by atoms with E-state index in [-0.39, 0.29) is 33.6 Å². The third kappa shape index (κ3) is 4.68. The summed E-state index contributed by atoms with van der Waals surface area (Å²) in [6.07, 6.45) is -5.11. The molecule has 5 nitrogen and oxygen atoms in total. The highest BCUT2D eigenvalue weighted by molar-refractivity contribution is 6.07. The van der Waals surface area contributed by atoms with Gasteiger partial charge in [-0.25, -0.2) is 23.7 Å². The van der Waals surface area contributed by atoms with E-state index in [1.54, 1.807) is 25.1 Å². The number of allylic oxidation sites excluding steroid dienone is 1. The van der Waals surface area contributed by atoms with Crippen LogP contribution in [-0.4, -0.2) is 6.36 Å². The van der Waals surface area contributed by atoms with Crippen LogP contribution in [0.5, 0.6) is 5.75 Å². The smallest absolute Gasteiger partial charge is 0.403 e. The maximum Gasteiger partial charge on any atom is 0.573 e. The van der Waals surface area contributed by atoms with Crippen LogP contribution in [-0.2, 0) is 0 Å². The molecule has 202 valence electrons. The molecule has 0 aromatic heterocycles. The number of benzene rings is 4. The summed E-state index contributed by atoms with van der Waals surface area (Å²) in [5.74, 6) is -2.83. The maximum absolute atomic E-state index is 14.6. The van der Waals surface area contributed by atoms with Crippen molar-refractivity contribution in [2.24, 2.45) is 0 Å². The largest absolute Gasteiger partial charge is 0.573 e. The third-order valence-electron chi connectivity index (χ3n) is 6.77. The molecule has 4 aromatic carbocycles. The SMILES string of the molecule is [C-]#[N+]/C(C#N)=C1/c2cc(C#N)c(-c3ccc(OC(F)(F)F)c(F)c3)cc2-c2cc(-c3ccc(C)c(F)c3)c([N+]#[C-])cc21. The summed E-state index contributed by atoms with van der Waals surface area (Å²) in [4.78, 5) is 6.92. The Morgan fingerprint density at radius 1 is 0.786 bits per heavy atom. The predicted molar refractivity (Wildman–Crippen MR) is 143 cm³/mol. The summed E-state index contributed by atoms with van der Waals surface area (Å²) in [5, 5.41) is 19.7. The summed E-state index contributed by atoms with van der Waals surface area (Å²) in [5.41, 5.74) is 3.03. The van der Waals surface area contributed by atoms with E-state index in [9.17, 15) is 32.5 Å². The van der Waals surface area contributed by atoms with Crippen LogP contribution in [0, 0.1) is 54.4 Å². The Labute approximate surface area is 236 Å². The molecule has 0 saturated carbocycles. The molecular formula is C32H13F5N4O. The first-order valence-electron chi connectivity index (χ1n) is 12.0. The molecule has 1 aliphatic carbocycles. The molecule has 1 aliphatic rings. The van der Waals surface area contributed by atoms with E-state index in [0.29, 0.717) is 38.9 Å². The number of fused-ring (bicyclic) bond motifs is 3. The van der Waals surface area contributed by atoms with Crippen LogP contribution < -0.4 is 4.74 Å². The zero-order valence-corrected chi connectivity index (χ0v) is 21.4. The number of nitrogens with zero attached hydrogens (tertiary/aromatic N) is 4. The molecule has 0 amide bonds. The van der Waals surface area contributed by atoms with Gasteiger partial charge < -0.3 is 4.74 Å². The quantitative estimate of drug-likeness (QED) is 0.125. The molecule has 0 N–H and O–H groups in total. The number of halogens is 5. The van der Waals surface area contributed by atoms with E-state index in [0.717, 1.165) is 12.1 Å². The van der Waals surface area contributed by atoms with Crippen LogP contribution in [0.3, 0.4) is 0 Å². The van der Waals surface area contributed by atoms with Crippen molar-refractivity contribution in [2.75, 3.05) is 0 Å². The fraction of sp³-hybridized carbons (Fsp3) is 0.0625. The van der Waals surface area contributed by atoms with Crippen LogP contribution in [0.4, 0.5) is 27.6 Å². The standard InChI is InChI=1S/C32H13F5N4O/c1-16-4-5-18(9-26(16)33)21-12-23-22-11-20(17-6-7-30(27(34)10-17)42-32(35,36)37)19(14-38)8-24(22)31(29(15-39)41-3)25(23)13-28(21)40-2/h4-13H,1H3/b31-29-. The Morgan fingerprint density at radius 2 is 1.40 bits per heavy atom. The average Bonchev–Trinajstić information content (AvgIpc) is 3.26. The fourth-order valence-corrected chi connectivity index (χ4v) is 4.88. The zero-order chi connectivity index (χ0) is 30.3. The van der Waals surface area contributed by atoms with Gasteiger partial charge in [0, 0.05) is 11.1 Å². The van der Waals surface area contributed by atoms with Crippen LogP contribution in [0.15, 0.2) is 66.4 Å². The van der Waals surface area contributed by atoms with Crippen molar-refractivity contribution in [3.8, 4) is 51.3 Å². The van der Waals surface area contributed by atoms with Gasteiger partial charge in [0.2, 0.25) is 0 Å². The molecule has 0 bridgehead atoms. The van der Waals surface area contributed by atoms with Gasteiger partial charge in [-0.05, 0) is 87.8 Å². The minimum absolute atomic E-state index is 0.00329. The van der Waals surface area contributed by atoms with E-state index in [4.69, 9.17) is 13.1 Å². The normalized spacial score (nSPS) is 12.7. The van der Waals surface area contributed by atoms with Gasteiger partial charge in [0.25, 0.3) is 5.70 Å². The lowest BCUT2D eigenvalue weighted by Gasteiger charge is -2.13. The van der Waals surface area contributed by atoms with Crippen molar-refractivity contribution < 1.29 is 26.7 Å². The zero-order valence-electron chi connectivity index (χ0n) is 21.4. The van der Waals surface area contributed by atoms with Crippen molar-refractivity contribution in [2.45, 2.75) is 13.3 Å². The van der Waals surface area contributed by atoms with Crippen molar-refractivity contribution in [1.82, 2.24) is 0 Å². The molecule has 0 heterocycles. The van der Waals surface area contributed by atoms with Crippen LogP contribution >= 0.6 is 0 Å². The molecule has 10 heteroatoms. The first-order chi connectivity index (χ1) is 20.0. The minimum atomic E-state index is -5.11. The van der Waals surface area contributed by atoms with Crippen molar-refractivity contribution >= 4 is 11.3 Å². The third-order valence-corrected chi connectivity index (χ3v) is 6.77. The summed E-state index contributed by atoms with van der Waals surface area (Å²) < 4.78 is 70.7. The summed E-state index contributed by atoms with van der Waals surface area (Å²) >= 11 is 0. The number of rotatable bonds is 3. The van der Waals surface area contributed by atoms with Crippen molar-refractivity contribution in [3.63, 3.8) is 0 Å². The molecule has 42 heavy (non-hydrogen) atoms. The predicted octanol–water partition coefficient (Wildman–Crippen LogP) is 9.11. The van der Waals surface area contributed by atoms with Gasteiger partial charge in [-0.1, -0.05) is 24.3 Å². The fourth-order valence-electron chi connectivity index (χ4n) is 4.88. The lowest BCUT2D eigenvalue weighted by Crippen LogP contribution is -2.17. The summed E-state index contributed by atoms with van der Waals surface area (Å²) in [6, 6.07) is 17.1. The Bertz CT molecular complexity index is 2020. The number of alkyl halides is 3. The molecule has 0 radical (unpaired) electrons. The summed E-state index contributed by atoms with van der Waals surface area (Å²) in [7, 11) is 0. The number of hydrogen-bond acceptors (Lipinski definition) is 3. The molecular weight excluding hydrogens is 551 g/mol. The molecule has 0 atom stereocenters. The Kier molecular flexibility index (Phi) is 6.71. The van der Waals surface area contributed by atoms with Gasteiger partial charge in [0.15, 0.2) is 17.3 Å². The highest BCUT2D eigenvalue weighted by Gasteiger charge is 2.33. The average molecular weight is 564 g/mol. The molecule has 0 unspecified atom stereocenters. The monoisotopic (exact) mass is 564 g/mol. The molecule has 0 aliphatic heterocycles. The van der Waals surface area contributed by atoms with Gasteiger partial charge in [0.1, 0.15) is 5.82 Å². The number of aryl methyl sites for hydroxylation is 1. The Morgan fingerprint density at radius 3 is 1.98 bits per heavy atom. The van der Waals surface area contributed by atoms with Crippen molar-refractivity contribution in [1.29, 1.82) is 10.5 Å². The van der Waals surface area contributed by atoms with Crippen LogP contribution in [0.25, 0.3) is 48.6 Å². The highest BCUT2D eigenvalue weighted by atomic mass is 19.4. The van der Waals surface area contributed by atoms with Gasteiger partial charge in [0.05, 0.1) is 30.8 Å². The van der Waals surface area contributed by atoms with E-state index in [1.807, 2.05) is 12.1 Å². The van der Waals surface area contributed by atoms with Crippen molar-refractivity contribution in [3.05, 3.63) is 123 Å². The first kappa shape index (κ1) is 27.6. The van der Waals surface area contributed by atoms with E-state index in [1.165, 1.54) is 30.3 Å². The molecule has 4 aromatic rings. The van der Waals surface area contributed by atoms with E-state index in [2.05, 4.69) is 14.4 Å². The lowest BCUT2D eigenvalue weighted by atomic mass is 9.92. The highest BCUT2D eigenvalue weighted by Crippen LogP contribution is 2.51. The second-order valence-corrected chi connectivity index (χ2v) is 9.19. The van der Waals surface area contributed by atoms with Gasteiger partial charge in [-0.15, -0.1) is 13.2 Å². The molecule has 5 rings (SSSR count). The first-order valence-corrected chi connectivity index (χ1v) is 12.0. The number of nitriles is 2. The Hall–Kier alpha value is -5.97. The maximum atomic E-state index is 14.6. The second kappa shape index (κ2) is 10.2. The number of hydrogen-bond donors (Lipinski definition) is 0. The molecule has 0 saturated heterocycles. The van der Waals surface area contributed by atoms with Crippen LogP contribution in [0.2, 0.25) is 0 Å². The van der Waals surface area contributed by atoms with E-state index >= 15 is 0 Å². The van der Waals surface area contributed by atoms with Crippen LogP contribution in [0.1, 0.15) is 22.3 Å². The minimum Gasteiger partial charge on any atom is -0.403 e. The molecule has 0 spiro atoms. The lowest BCUT2D eigenvalue weighted by molar-refractivity contribution is -0.275. The van der Waals surface area contributed by atoms with E-state index < -0.39 is 23.7 Å². The summed E-state index contributed by atoms with van der Waals surface area (Å²) in [6.45, 7) is 16.9. The Balaban J connectivity index is 1.80. The van der Waals surface area contributed by atoms with Gasteiger partial charge in [-0.3, -0.25) is 0 Å². The van der Waals surface area contributed by atoms with Gasteiger partial charge >= 0.3 is 6.36 Å². The van der Waals surface area contributed by atoms with Gasteiger partial charge in [-0.2, -0.15) is 5.26 Å². The second-order valence-electron chi connectivity index (χ2n) is 9.19. The topological polar surface area (TPSA) is 65.5 Å².